The largest absolute Gasteiger partial charge is 0.466 e. The first-order valence-electron chi connectivity index (χ1n) is 5.05. The molecule has 0 aromatic heterocycles. The average Bonchev–Trinajstić information content (AvgIpc) is 2.38. The quantitative estimate of drug-likeness (QED) is 0.359. The molecule has 5 heteroatoms. The highest BCUT2D eigenvalue weighted by atomic mass is 35.5. The highest BCUT2D eigenvalue weighted by molar-refractivity contribution is 6.49. The van der Waals surface area contributed by atoms with Crippen molar-refractivity contribution in [3.05, 3.63) is 52.6 Å². The summed E-state index contributed by atoms with van der Waals surface area (Å²) in [5.74, 6) is -0.417. The van der Waals surface area contributed by atoms with Gasteiger partial charge in [0.15, 0.2) is 0 Å². The van der Waals surface area contributed by atoms with Crippen LogP contribution in [0.15, 0.2) is 42.0 Å². The Morgan fingerprint density at radius 1 is 1.39 bits per heavy atom. The number of hydrogen-bond acceptors (Lipinski definition) is 2. The molecular weight excluding hydrogens is 294 g/mol. The second-order valence-corrected chi connectivity index (χ2v) is 4.45. The molecule has 0 saturated carbocycles. The van der Waals surface area contributed by atoms with Crippen molar-refractivity contribution in [2.75, 3.05) is 13.0 Å². The van der Waals surface area contributed by atoms with E-state index in [-0.39, 0.29) is 5.88 Å². The van der Waals surface area contributed by atoms with Gasteiger partial charge in [0.1, 0.15) is 0 Å². The van der Waals surface area contributed by atoms with Crippen LogP contribution in [0.1, 0.15) is 5.56 Å². The third-order valence-corrected chi connectivity index (χ3v) is 2.99. The fourth-order valence-corrected chi connectivity index (χ4v) is 1.77. The molecule has 0 unspecified atom stereocenters. The minimum absolute atomic E-state index is 0.0584. The number of allylic oxidation sites excluding steroid dienone is 2. The van der Waals surface area contributed by atoms with Crippen LogP contribution in [-0.2, 0) is 9.53 Å². The molecular formula is C13H11Cl3O2. The van der Waals surface area contributed by atoms with Crippen LogP contribution in [0.4, 0.5) is 0 Å². The minimum Gasteiger partial charge on any atom is -0.466 e. The van der Waals surface area contributed by atoms with E-state index in [4.69, 9.17) is 34.8 Å². The van der Waals surface area contributed by atoms with Gasteiger partial charge >= 0.3 is 5.97 Å². The highest BCUT2D eigenvalue weighted by Gasteiger charge is 2.06. The van der Waals surface area contributed by atoms with Gasteiger partial charge in [-0.15, -0.1) is 11.6 Å². The van der Waals surface area contributed by atoms with Gasteiger partial charge in [-0.05, 0) is 29.8 Å². The Hall–Kier alpha value is -0.960. The van der Waals surface area contributed by atoms with E-state index in [1.54, 1.807) is 24.3 Å². The van der Waals surface area contributed by atoms with Crippen LogP contribution >= 0.6 is 34.8 Å². The zero-order valence-corrected chi connectivity index (χ0v) is 11.9. The number of benzene rings is 1. The van der Waals surface area contributed by atoms with Crippen molar-refractivity contribution in [1.82, 2.24) is 0 Å². The Bertz CT molecular complexity index is 493. The fraction of sp³-hybridized carbons (Fsp3) is 0.154. The summed E-state index contributed by atoms with van der Waals surface area (Å²) < 4.78 is 4.58. The molecule has 96 valence electrons. The van der Waals surface area contributed by atoms with Crippen LogP contribution in [0, 0.1) is 0 Å². The van der Waals surface area contributed by atoms with Gasteiger partial charge in [0.2, 0.25) is 0 Å². The van der Waals surface area contributed by atoms with Crippen molar-refractivity contribution in [3.8, 4) is 0 Å². The maximum absolute atomic E-state index is 11.3. The Morgan fingerprint density at radius 2 is 2.11 bits per heavy atom. The van der Waals surface area contributed by atoms with Gasteiger partial charge in [0.25, 0.3) is 0 Å². The summed E-state index contributed by atoms with van der Waals surface area (Å²) in [5.41, 5.74) is 1.10. The zero-order valence-electron chi connectivity index (χ0n) is 9.62. The minimum atomic E-state index is -0.475. The summed E-state index contributed by atoms with van der Waals surface area (Å²) in [6, 6.07) is 7.09. The number of methoxy groups -OCH3 is 1. The van der Waals surface area contributed by atoms with Gasteiger partial charge in [0, 0.05) is 10.1 Å². The number of ether oxygens (including phenoxy) is 1. The lowest BCUT2D eigenvalue weighted by Gasteiger charge is -2.01. The first kappa shape index (κ1) is 15.1. The summed E-state index contributed by atoms with van der Waals surface area (Å²) in [6.45, 7) is 0. The topological polar surface area (TPSA) is 26.3 Å². The van der Waals surface area contributed by atoms with Crippen molar-refractivity contribution in [1.29, 1.82) is 0 Å². The molecule has 18 heavy (non-hydrogen) atoms. The molecule has 0 amide bonds. The molecule has 0 aliphatic carbocycles. The van der Waals surface area contributed by atoms with E-state index in [0.29, 0.717) is 15.6 Å². The molecule has 2 nitrogen and oxygen atoms in total. The van der Waals surface area contributed by atoms with E-state index < -0.39 is 5.97 Å². The Balaban J connectivity index is 2.96. The number of esters is 1. The molecule has 0 fully saturated rings. The lowest BCUT2D eigenvalue weighted by molar-refractivity contribution is -0.135. The van der Waals surface area contributed by atoms with Crippen LogP contribution in [0.2, 0.25) is 5.02 Å². The van der Waals surface area contributed by atoms with Crippen LogP contribution in [0.3, 0.4) is 0 Å². The molecule has 1 rings (SSSR count). The number of carbonyl (C=O) groups excluding carboxylic acids is 1. The zero-order chi connectivity index (χ0) is 13.5. The molecule has 0 N–H and O–H groups in total. The van der Waals surface area contributed by atoms with Crippen molar-refractivity contribution >= 4 is 45.8 Å². The molecule has 0 atom stereocenters. The number of rotatable bonds is 4. The number of carbonyl (C=O) groups is 1. The maximum Gasteiger partial charge on any atom is 0.334 e. The molecule has 0 aliphatic rings. The van der Waals surface area contributed by atoms with E-state index in [1.165, 1.54) is 13.2 Å². The van der Waals surface area contributed by atoms with Gasteiger partial charge in [-0.2, -0.15) is 0 Å². The summed E-state index contributed by atoms with van der Waals surface area (Å²) in [5, 5.41) is 1.05. The van der Waals surface area contributed by atoms with E-state index >= 15 is 0 Å². The van der Waals surface area contributed by atoms with E-state index in [2.05, 4.69) is 4.74 Å². The lowest BCUT2D eigenvalue weighted by atomic mass is 10.2. The summed E-state index contributed by atoms with van der Waals surface area (Å²) in [4.78, 5) is 11.3. The van der Waals surface area contributed by atoms with E-state index in [1.807, 2.05) is 6.07 Å². The van der Waals surface area contributed by atoms with Crippen molar-refractivity contribution in [2.24, 2.45) is 0 Å². The van der Waals surface area contributed by atoms with Crippen LogP contribution in [-0.4, -0.2) is 19.0 Å². The normalized spacial score (nSPS) is 12.4. The second-order valence-electron chi connectivity index (χ2n) is 3.34. The smallest absolute Gasteiger partial charge is 0.334 e. The molecule has 0 bridgehead atoms. The van der Waals surface area contributed by atoms with Crippen molar-refractivity contribution in [3.63, 3.8) is 0 Å². The van der Waals surface area contributed by atoms with Gasteiger partial charge in [-0.1, -0.05) is 35.3 Å². The number of alkyl halides is 1. The van der Waals surface area contributed by atoms with Crippen molar-refractivity contribution in [2.45, 2.75) is 0 Å². The van der Waals surface area contributed by atoms with Crippen LogP contribution < -0.4 is 0 Å². The molecule has 1 aromatic rings. The van der Waals surface area contributed by atoms with Crippen molar-refractivity contribution < 1.29 is 9.53 Å². The third-order valence-electron chi connectivity index (χ3n) is 2.12. The Morgan fingerprint density at radius 3 is 2.67 bits per heavy atom. The highest BCUT2D eigenvalue weighted by Crippen LogP contribution is 2.22. The number of hydrogen-bond donors (Lipinski definition) is 0. The third kappa shape index (κ3) is 4.37. The van der Waals surface area contributed by atoms with Crippen LogP contribution in [0.5, 0.6) is 0 Å². The predicted octanol–water partition coefficient (Wildman–Crippen LogP) is 4.26. The SMILES string of the molecule is COC(=O)C(=CC=C(Cl)c1cccc(Cl)c1)CCl. The average molecular weight is 306 g/mol. The van der Waals surface area contributed by atoms with E-state index in [0.717, 1.165) is 5.56 Å². The Labute approximate surface area is 121 Å². The second kappa shape index (κ2) is 7.47. The lowest BCUT2D eigenvalue weighted by Crippen LogP contribution is -2.05. The van der Waals surface area contributed by atoms with Gasteiger partial charge in [-0.25, -0.2) is 4.79 Å². The predicted molar refractivity (Wildman–Crippen MR) is 76.1 cm³/mol. The molecule has 0 radical (unpaired) electrons. The van der Waals surface area contributed by atoms with Crippen LogP contribution in [0.25, 0.3) is 5.03 Å². The standard InChI is InChI=1S/C13H11Cl3O2/c1-18-13(17)10(8-14)5-6-12(16)9-3-2-4-11(15)7-9/h2-7H,8H2,1H3. The van der Waals surface area contributed by atoms with E-state index in [9.17, 15) is 4.79 Å². The molecule has 0 spiro atoms. The maximum atomic E-state index is 11.3. The first-order chi connectivity index (χ1) is 8.58. The Kier molecular flexibility index (Phi) is 6.27. The summed E-state index contributed by atoms with van der Waals surface area (Å²) in [6.07, 6.45) is 3.12. The first-order valence-corrected chi connectivity index (χ1v) is 6.34. The van der Waals surface area contributed by atoms with Gasteiger partial charge in [-0.3, -0.25) is 0 Å². The van der Waals surface area contributed by atoms with Gasteiger partial charge in [0.05, 0.1) is 18.6 Å². The van der Waals surface area contributed by atoms with Gasteiger partial charge < -0.3 is 4.74 Å². The number of halogens is 3. The summed E-state index contributed by atoms with van der Waals surface area (Å²) in [7, 11) is 1.30. The molecule has 0 saturated heterocycles. The molecule has 0 aliphatic heterocycles. The summed E-state index contributed by atoms with van der Waals surface area (Å²) >= 11 is 17.6. The fourth-order valence-electron chi connectivity index (χ4n) is 1.21. The monoisotopic (exact) mass is 304 g/mol. The molecule has 0 heterocycles. The molecule has 1 aromatic carbocycles.